The highest BCUT2D eigenvalue weighted by molar-refractivity contribution is 7.81. The Morgan fingerprint density at radius 3 is 2.22 bits per heavy atom. The second kappa shape index (κ2) is 5.51. The highest BCUT2D eigenvalue weighted by Gasteiger charge is 2.15. The average Bonchev–Trinajstić information content (AvgIpc) is 2.23. The third-order valence-corrected chi connectivity index (χ3v) is 2.28. The van der Waals surface area contributed by atoms with Gasteiger partial charge in [0.2, 0.25) is 0 Å². The summed E-state index contributed by atoms with van der Waals surface area (Å²) < 4.78 is 39.3. The molecule has 1 aromatic carbocycles. The zero-order valence-electron chi connectivity index (χ0n) is 9.22. The fraction of sp³-hybridized carbons (Fsp3) is 0.0909. The van der Waals surface area contributed by atoms with Crippen LogP contribution >= 0.6 is 12.2 Å². The topological polar surface area (TPSA) is 61.8 Å². The summed E-state index contributed by atoms with van der Waals surface area (Å²) >= 11 is 4.79. The maximum Gasteiger partial charge on any atom is 0.152 e. The molecule has 0 bridgehead atoms. The molecule has 0 heterocycles. The van der Waals surface area contributed by atoms with Crippen LogP contribution in [0.3, 0.4) is 0 Å². The molecule has 0 amide bonds. The highest BCUT2D eigenvalue weighted by Crippen LogP contribution is 2.21. The molecule has 0 saturated heterocycles. The average molecular weight is 271 g/mol. The normalized spacial score (nSPS) is 11.5. The van der Waals surface area contributed by atoms with Gasteiger partial charge in [-0.05, 0) is 6.92 Å². The summed E-state index contributed by atoms with van der Waals surface area (Å²) in [5.41, 5.74) is 4.76. The number of nitrogens with zero attached hydrogens (tertiary/aromatic N) is 1. The lowest BCUT2D eigenvalue weighted by Gasteiger charge is -2.10. The number of nitrogens with two attached hydrogens (primary N) is 1. The minimum absolute atomic E-state index is 0.104. The lowest BCUT2D eigenvalue weighted by atomic mass is 10.2. The van der Waals surface area contributed by atoms with Crippen LogP contribution in [0.25, 0.3) is 0 Å². The van der Waals surface area contributed by atoms with E-state index in [1.165, 1.54) is 6.92 Å². The molecule has 94 valence electrons. The number of rotatable bonds is 2. The molecule has 0 aromatic heterocycles. The minimum atomic E-state index is -1.15. The molecule has 0 aliphatic heterocycles. The third kappa shape index (κ3) is 2.99. The Kier molecular flexibility index (Phi) is 4.28. The van der Waals surface area contributed by atoms with Crippen molar-refractivity contribution in [1.82, 2.24) is 0 Å². The number of thiocarbonyl (C=S) groups is 1. The zero-order chi connectivity index (χ0) is 13.9. The maximum atomic E-state index is 13.3. The van der Waals surface area contributed by atoms with E-state index in [1.807, 2.05) is 0 Å². The molecule has 3 nitrogen and oxygen atoms in total. The molecule has 0 atom stereocenters. The number of allylic oxidation sites excluding steroid dienone is 1. The van der Waals surface area contributed by atoms with Gasteiger partial charge in [-0.25, -0.2) is 13.2 Å². The van der Waals surface area contributed by atoms with Crippen LogP contribution in [0.1, 0.15) is 6.92 Å². The predicted octanol–water partition coefficient (Wildman–Crippen LogP) is 2.60. The molecule has 7 heteroatoms. The Balaban J connectivity index is 3.11. The number of anilines is 1. The molecule has 0 spiro atoms. The number of benzene rings is 1. The van der Waals surface area contributed by atoms with Crippen molar-refractivity contribution in [2.75, 3.05) is 5.32 Å². The fourth-order valence-electron chi connectivity index (χ4n) is 1.16. The van der Waals surface area contributed by atoms with Crippen molar-refractivity contribution in [3.05, 3.63) is 40.9 Å². The first-order chi connectivity index (χ1) is 8.36. The number of hydrogen-bond acceptors (Lipinski definition) is 3. The zero-order valence-corrected chi connectivity index (χ0v) is 10.0. The lowest BCUT2D eigenvalue weighted by molar-refractivity contribution is 0.549. The Hall–Kier alpha value is -2.07. The van der Waals surface area contributed by atoms with Crippen molar-refractivity contribution in [2.45, 2.75) is 6.92 Å². The summed E-state index contributed by atoms with van der Waals surface area (Å²) in [7, 11) is 0. The second-order valence-electron chi connectivity index (χ2n) is 3.37. The Morgan fingerprint density at radius 2 is 1.83 bits per heavy atom. The Morgan fingerprint density at radius 1 is 1.33 bits per heavy atom. The van der Waals surface area contributed by atoms with Crippen LogP contribution in [0.4, 0.5) is 18.9 Å². The fourth-order valence-corrected chi connectivity index (χ4v) is 1.46. The minimum Gasteiger partial charge on any atom is -0.401 e. The molecule has 0 aliphatic carbocycles. The number of hydrogen-bond donors (Lipinski definition) is 2. The molecule has 3 N–H and O–H groups in total. The molecular formula is C11H8F3N3S. The Bertz CT molecular complexity index is 548. The summed E-state index contributed by atoms with van der Waals surface area (Å²) in [6, 6.07) is 2.70. The SMILES string of the molecule is C/C(N)=C(/C#N)C(=S)Nc1c(F)cc(F)cc1F. The van der Waals surface area contributed by atoms with Crippen molar-refractivity contribution in [1.29, 1.82) is 5.26 Å². The standard InChI is InChI=1S/C11H8F3N3S/c1-5(16)7(4-15)11(18)17-10-8(13)2-6(12)3-9(10)14/h2-3H,16H2,1H3,(H,17,18)/b7-5+. The van der Waals surface area contributed by atoms with E-state index in [1.54, 1.807) is 6.07 Å². The van der Waals surface area contributed by atoms with Gasteiger partial charge in [0.05, 0.1) is 0 Å². The van der Waals surface area contributed by atoms with Gasteiger partial charge >= 0.3 is 0 Å². The van der Waals surface area contributed by atoms with E-state index in [0.29, 0.717) is 12.1 Å². The van der Waals surface area contributed by atoms with Gasteiger partial charge in [-0.15, -0.1) is 0 Å². The van der Waals surface area contributed by atoms with Crippen LogP contribution in [0, 0.1) is 28.8 Å². The Labute approximate surface area is 107 Å². The number of nitrogens with one attached hydrogen (secondary N) is 1. The largest absolute Gasteiger partial charge is 0.401 e. The van der Waals surface area contributed by atoms with Gasteiger partial charge in [0, 0.05) is 17.8 Å². The number of nitriles is 1. The van der Waals surface area contributed by atoms with Crippen molar-refractivity contribution in [2.24, 2.45) is 5.73 Å². The van der Waals surface area contributed by atoms with Crippen molar-refractivity contribution < 1.29 is 13.2 Å². The van der Waals surface area contributed by atoms with E-state index >= 15 is 0 Å². The first kappa shape index (κ1) is 14.0. The third-order valence-electron chi connectivity index (χ3n) is 1.98. The number of halogens is 3. The smallest absolute Gasteiger partial charge is 0.152 e. The van der Waals surface area contributed by atoms with Gasteiger partial charge in [0.1, 0.15) is 28.1 Å². The van der Waals surface area contributed by atoms with Crippen LogP contribution in [0.5, 0.6) is 0 Å². The summed E-state index contributed by atoms with van der Waals surface area (Å²) in [5.74, 6) is -3.35. The van der Waals surface area contributed by atoms with Crippen LogP contribution < -0.4 is 11.1 Å². The van der Waals surface area contributed by atoms with Gasteiger partial charge in [0.15, 0.2) is 11.6 Å². The van der Waals surface area contributed by atoms with Gasteiger partial charge in [-0.2, -0.15) is 5.26 Å². The van der Waals surface area contributed by atoms with Crippen molar-refractivity contribution in [3.63, 3.8) is 0 Å². The van der Waals surface area contributed by atoms with E-state index in [9.17, 15) is 13.2 Å². The first-order valence-corrected chi connectivity index (χ1v) is 5.10. The molecule has 0 unspecified atom stereocenters. The summed E-state index contributed by atoms with van der Waals surface area (Å²) in [6.07, 6.45) is 0. The van der Waals surface area contributed by atoms with Crippen LogP contribution in [0.2, 0.25) is 0 Å². The second-order valence-corrected chi connectivity index (χ2v) is 3.78. The molecule has 0 fully saturated rings. The molecule has 1 rings (SSSR count). The van der Waals surface area contributed by atoms with E-state index < -0.39 is 23.1 Å². The maximum absolute atomic E-state index is 13.3. The van der Waals surface area contributed by atoms with E-state index in [2.05, 4.69) is 5.32 Å². The van der Waals surface area contributed by atoms with Crippen LogP contribution in [-0.2, 0) is 0 Å². The molecule has 0 aliphatic rings. The first-order valence-electron chi connectivity index (χ1n) is 4.69. The van der Waals surface area contributed by atoms with E-state index in [-0.39, 0.29) is 16.3 Å². The lowest BCUT2D eigenvalue weighted by Crippen LogP contribution is -2.17. The molecular weight excluding hydrogens is 263 g/mol. The van der Waals surface area contributed by atoms with Crippen molar-refractivity contribution in [3.8, 4) is 6.07 Å². The van der Waals surface area contributed by atoms with Crippen molar-refractivity contribution >= 4 is 22.9 Å². The van der Waals surface area contributed by atoms with Crippen LogP contribution in [0.15, 0.2) is 23.4 Å². The van der Waals surface area contributed by atoms with Gasteiger partial charge < -0.3 is 11.1 Å². The molecule has 0 saturated carbocycles. The molecule has 18 heavy (non-hydrogen) atoms. The quantitative estimate of drug-likeness (QED) is 0.493. The van der Waals surface area contributed by atoms with E-state index in [0.717, 1.165) is 0 Å². The summed E-state index contributed by atoms with van der Waals surface area (Å²) in [6.45, 7) is 1.42. The van der Waals surface area contributed by atoms with Gasteiger partial charge in [-0.1, -0.05) is 12.2 Å². The van der Waals surface area contributed by atoms with Crippen LogP contribution in [-0.4, -0.2) is 4.99 Å². The molecule has 1 aromatic rings. The van der Waals surface area contributed by atoms with Gasteiger partial charge in [0.25, 0.3) is 0 Å². The van der Waals surface area contributed by atoms with Gasteiger partial charge in [-0.3, -0.25) is 0 Å². The highest BCUT2D eigenvalue weighted by atomic mass is 32.1. The molecule has 0 radical (unpaired) electrons. The van der Waals surface area contributed by atoms with E-state index in [4.69, 9.17) is 23.2 Å². The summed E-state index contributed by atoms with van der Waals surface area (Å²) in [5, 5.41) is 11.0. The predicted molar refractivity (Wildman–Crippen MR) is 65.0 cm³/mol. The summed E-state index contributed by atoms with van der Waals surface area (Å²) in [4.78, 5) is -0.234. The monoisotopic (exact) mass is 271 g/mol.